The number of aliphatic imine (C=N–C) groups is 1. The van der Waals surface area contributed by atoms with Crippen LogP contribution >= 0.6 is 0 Å². The number of benzene rings is 1. The molecular formula is C12H15N3O5. The maximum absolute atomic E-state index is 11.2. The van der Waals surface area contributed by atoms with Gasteiger partial charge in [-0.1, -0.05) is 0 Å². The molecule has 108 valence electrons. The molecule has 1 rings (SSSR count). The van der Waals surface area contributed by atoms with Crippen molar-refractivity contribution in [1.82, 2.24) is 4.90 Å². The second-order valence-corrected chi connectivity index (χ2v) is 4.04. The van der Waals surface area contributed by atoms with E-state index in [4.69, 9.17) is 9.84 Å². The van der Waals surface area contributed by atoms with Gasteiger partial charge in [0.05, 0.1) is 29.1 Å². The highest BCUT2D eigenvalue weighted by Crippen LogP contribution is 2.34. The SMILES string of the molecule is CCOc1cc(/N=C/N(C)C)c(C(=O)O)cc1[N+](=O)[O-]. The Labute approximate surface area is 115 Å². The van der Waals surface area contributed by atoms with E-state index in [-0.39, 0.29) is 23.6 Å². The minimum atomic E-state index is -1.29. The number of nitro groups is 1. The average molecular weight is 281 g/mol. The molecule has 0 unspecified atom stereocenters. The topological polar surface area (TPSA) is 105 Å². The van der Waals surface area contributed by atoms with Crippen LogP contribution in [0, 0.1) is 10.1 Å². The molecule has 1 N–H and O–H groups in total. The van der Waals surface area contributed by atoms with Crippen molar-refractivity contribution >= 4 is 23.7 Å². The molecule has 0 aliphatic heterocycles. The zero-order valence-electron chi connectivity index (χ0n) is 11.4. The average Bonchev–Trinajstić information content (AvgIpc) is 2.35. The zero-order valence-corrected chi connectivity index (χ0v) is 11.4. The van der Waals surface area contributed by atoms with Gasteiger partial charge in [-0.25, -0.2) is 9.79 Å². The van der Waals surface area contributed by atoms with Gasteiger partial charge in [0.2, 0.25) is 0 Å². The summed E-state index contributed by atoms with van der Waals surface area (Å²) in [4.78, 5) is 27.0. The van der Waals surface area contributed by atoms with Crippen LogP contribution in [0.15, 0.2) is 17.1 Å². The van der Waals surface area contributed by atoms with Gasteiger partial charge in [-0.15, -0.1) is 0 Å². The number of carboxylic acid groups (broad SMARTS) is 1. The Morgan fingerprint density at radius 2 is 2.20 bits per heavy atom. The summed E-state index contributed by atoms with van der Waals surface area (Å²) in [5.74, 6) is -1.30. The highest BCUT2D eigenvalue weighted by atomic mass is 16.6. The monoisotopic (exact) mass is 281 g/mol. The summed E-state index contributed by atoms with van der Waals surface area (Å²) >= 11 is 0. The fourth-order valence-corrected chi connectivity index (χ4v) is 1.43. The molecule has 0 saturated heterocycles. The molecule has 1 aromatic rings. The molecule has 8 heteroatoms. The van der Waals surface area contributed by atoms with E-state index in [1.807, 2.05) is 0 Å². The first-order valence-corrected chi connectivity index (χ1v) is 5.76. The van der Waals surface area contributed by atoms with Crippen molar-refractivity contribution in [2.24, 2.45) is 4.99 Å². The van der Waals surface area contributed by atoms with Crippen LogP contribution in [0.3, 0.4) is 0 Å². The van der Waals surface area contributed by atoms with Gasteiger partial charge in [0.25, 0.3) is 0 Å². The van der Waals surface area contributed by atoms with Gasteiger partial charge < -0.3 is 14.7 Å². The Hall–Kier alpha value is -2.64. The van der Waals surface area contributed by atoms with E-state index in [0.29, 0.717) is 0 Å². The normalized spacial score (nSPS) is 10.6. The third kappa shape index (κ3) is 3.67. The van der Waals surface area contributed by atoms with Crippen LogP contribution in [-0.4, -0.2) is 47.9 Å². The van der Waals surface area contributed by atoms with Crippen LogP contribution in [0.5, 0.6) is 5.75 Å². The Morgan fingerprint density at radius 1 is 1.55 bits per heavy atom. The van der Waals surface area contributed by atoms with Crippen LogP contribution in [-0.2, 0) is 0 Å². The van der Waals surface area contributed by atoms with Gasteiger partial charge in [0, 0.05) is 26.2 Å². The standard InChI is InChI=1S/C12H15N3O5/c1-4-20-11-6-9(13-7-14(2)3)8(12(16)17)5-10(11)15(18)19/h5-7H,4H2,1-3H3,(H,16,17)/b13-7+. The first kappa shape index (κ1) is 15.4. The van der Waals surface area contributed by atoms with Crippen LogP contribution in [0.4, 0.5) is 11.4 Å². The van der Waals surface area contributed by atoms with Crippen molar-refractivity contribution in [3.63, 3.8) is 0 Å². The quantitative estimate of drug-likeness (QED) is 0.369. The van der Waals surface area contributed by atoms with Crippen molar-refractivity contribution < 1.29 is 19.6 Å². The first-order valence-electron chi connectivity index (χ1n) is 5.76. The number of hydrogen-bond acceptors (Lipinski definition) is 5. The predicted molar refractivity (Wildman–Crippen MR) is 73.1 cm³/mol. The summed E-state index contributed by atoms with van der Waals surface area (Å²) in [7, 11) is 3.44. The fourth-order valence-electron chi connectivity index (χ4n) is 1.43. The number of carboxylic acids is 1. The maximum atomic E-state index is 11.2. The zero-order chi connectivity index (χ0) is 15.3. The van der Waals surface area contributed by atoms with E-state index in [2.05, 4.69) is 4.99 Å². The molecular weight excluding hydrogens is 266 g/mol. The molecule has 1 aromatic carbocycles. The highest BCUT2D eigenvalue weighted by Gasteiger charge is 2.22. The van der Waals surface area contributed by atoms with Crippen LogP contribution < -0.4 is 4.74 Å². The minimum absolute atomic E-state index is 0.00611. The summed E-state index contributed by atoms with van der Waals surface area (Å²) in [5, 5.41) is 20.0. The molecule has 8 nitrogen and oxygen atoms in total. The van der Waals surface area contributed by atoms with Gasteiger partial charge in [0.1, 0.15) is 0 Å². The summed E-state index contributed by atoms with van der Waals surface area (Å²) in [6, 6.07) is 2.21. The summed E-state index contributed by atoms with van der Waals surface area (Å²) in [5.41, 5.74) is -0.549. The molecule has 0 atom stereocenters. The lowest BCUT2D eigenvalue weighted by Crippen LogP contribution is -2.08. The number of ether oxygens (including phenoxy) is 1. The maximum Gasteiger partial charge on any atom is 0.338 e. The Balaban J connectivity index is 3.44. The van der Waals surface area contributed by atoms with Crippen molar-refractivity contribution in [2.75, 3.05) is 20.7 Å². The number of nitro benzene ring substituents is 1. The van der Waals surface area contributed by atoms with Crippen LogP contribution in [0.2, 0.25) is 0 Å². The van der Waals surface area contributed by atoms with Gasteiger partial charge >= 0.3 is 11.7 Å². The van der Waals surface area contributed by atoms with Crippen molar-refractivity contribution in [1.29, 1.82) is 0 Å². The molecule has 0 heterocycles. The fraction of sp³-hybridized carbons (Fsp3) is 0.333. The lowest BCUT2D eigenvalue weighted by molar-refractivity contribution is -0.385. The van der Waals surface area contributed by atoms with E-state index in [1.54, 1.807) is 25.9 Å². The van der Waals surface area contributed by atoms with E-state index in [9.17, 15) is 14.9 Å². The number of hydrogen-bond donors (Lipinski definition) is 1. The van der Waals surface area contributed by atoms with Crippen LogP contribution in [0.1, 0.15) is 17.3 Å². The molecule has 0 aliphatic rings. The molecule has 0 bridgehead atoms. The smallest absolute Gasteiger partial charge is 0.338 e. The van der Waals surface area contributed by atoms with Crippen molar-refractivity contribution in [3.05, 3.63) is 27.8 Å². The Morgan fingerprint density at radius 3 is 2.65 bits per heavy atom. The molecule has 0 aliphatic carbocycles. The summed E-state index contributed by atoms with van der Waals surface area (Å²) < 4.78 is 5.16. The minimum Gasteiger partial charge on any atom is -0.487 e. The molecule has 20 heavy (non-hydrogen) atoms. The van der Waals surface area contributed by atoms with Gasteiger partial charge in [-0.2, -0.15) is 0 Å². The summed E-state index contributed by atoms with van der Waals surface area (Å²) in [6.45, 7) is 1.90. The van der Waals surface area contributed by atoms with Crippen molar-refractivity contribution in [2.45, 2.75) is 6.92 Å². The van der Waals surface area contributed by atoms with E-state index >= 15 is 0 Å². The Bertz CT molecular complexity index is 554. The van der Waals surface area contributed by atoms with Gasteiger partial charge in [0.15, 0.2) is 5.75 Å². The largest absolute Gasteiger partial charge is 0.487 e. The second kappa shape index (κ2) is 6.50. The highest BCUT2D eigenvalue weighted by molar-refractivity contribution is 5.95. The number of nitrogens with zero attached hydrogens (tertiary/aromatic N) is 3. The lowest BCUT2D eigenvalue weighted by atomic mass is 10.1. The molecule has 0 saturated carbocycles. The van der Waals surface area contributed by atoms with E-state index in [1.165, 1.54) is 12.4 Å². The number of aromatic carboxylic acids is 1. The second-order valence-electron chi connectivity index (χ2n) is 4.04. The van der Waals surface area contributed by atoms with Gasteiger partial charge in [-0.3, -0.25) is 10.1 Å². The van der Waals surface area contributed by atoms with E-state index < -0.39 is 16.6 Å². The lowest BCUT2D eigenvalue weighted by Gasteiger charge is -2.08. The number of carbonyl (C=O) groups is 1. The molecule has 0 spiro atoms. The van der Waals surface area contributed by atoms with Gasteiger partial charge in [-0.05, 0) is 6.92 Å². The van der Waals surface area contributed by atoms with Crippen LogP contribution in [0.25, 0.3) is 0 Å². The number of rotatable bonds is 6. The first-order chi connectivity index (χ1) is 9.36. The molecule has 0 amide bonds. The third-order valence-corrected chi connectivity index (χ3v) is 2.23. The third-order valence-electron chi connectivity index (χ3n) is 2.23. The molecule has 0 aromatic heterocycles. The molecule has 0 fully saturated rings. The Kier molecular flexibility index (Phi) is 5.01. The summed E-state index contributed by atoms with van der Waals surface area (Å²) in [6.07, 6.45) is 1.41. The predicted octanol–water partition coefficient (Wildman–Crippen LogP) is 1.91. The van der Waals surface area contributed by atoms with Crippen molar-refractivity contribution in [3.8, 4) is 5.75 Å². The molecule has 0 radical (unpaired) electrons. The van der Waals surface area contributed by atoms with E-state index in [0.717, 1.165) is 6.07 Å².